The maximum absolute atomic E-state index is 11.7. The molecule has 98 valence electrons. The SMILES string of the molecule is Cc1[nH]c(=O)[nH]c(=O)c1Cc1ccccc1[N+](=O)[O-]. The van der Waals surface area contributed by atoms with E-state index < -0.39 is 16.2 Å². The zero-order valence-corrected chi connectivity index (χ0v) is 10.1. The van der Waals surface area contributed by atoms with Gasteiger partial charge in [-0.3, -0.25) is 19.9 Å². The third kappa shape index (κ3) is 2.59. The first kappa shape index (κ1) is 12.7. The van der Waals surface area contributed by atoms with E-state index in [9.17, 15) is 19.7 Å². The summed E-state index contributed by atoms with van der Waals surface area (Å²) in [5.74, 6) is 0. The molecule has 0 aliphatic carbocycles. The second-order valence-corrected chi connectivity index (χ2v) is 4.07. The number of hydrogen-bond acceptors (Lipinski definition) is 4. The van der Waals surface area contributed by atoms with Crippen LogP contribution in [0, 0.1) is 17.0 Å². The molecule has 0 saturated heterocycles. The first-order chi connectivity index (χ1) is 8.99. The topological polar surface area (TPSA) is 109 Å². The fourth-order valence-electron chi connectivity index (χ4n) is 1.87. The van der Waals surface area contributed by atoms with Crippen molar-refractivity contribution in [3.8, 4) is 0 Å². The maximum atomic E-state index is 11.7. The molecule has 0 atom stereocenters. The molecular formula is C12H11N3O4. The van der Waals surface area contributed by atoms with E-state index in [0.29, 0.717) is 16.8 Å². The van der Waals surface area contributed by atoms with Crippen molar-refractivity contribution in [1.29, 1.82) is 0 Å². The summed E-state index contributed by atoms with van der Waals surface area (Å²) in [4.78, 5) is 37.8. The van der Waals surface area contributed by atoms with Gasteiger partial charge in [0.2, 0.25) is 0 Å². The third-order valence-corrected chi connectivity index (χ3v) is 2.81. The molecule has 1 aromatic carbocycles. The fraction of sp³-hybridized carbons (Fsp3) is 0.167. The van der Waals surface area contributed by atoms with E-state index >= 15 is 0 Å². The Morgan fingerprint density at radius 2 is 1.89 bits per heavy atom. The Kier molecular flexibility index (Phi) is 3.28. The van der Waals surface area contributed by atoms with Crippen molar-refractivity contribution in [2.75, 3.05) is 0 Å². The number of nitro benzene ring substituents is 1. The van der Waals surface area contributed by atoms with Crippen LogP contribution in [0.15, 0.2) is 33.9 Å². The molecule has 2 rings (SSSR count). The smallest absolute Gasteiger partial charge is 0.311 e. The lowest BCUT2D eigenvalue weighted by molar-refractivity contribution is -0.385. The van der Waals surface area contributed by atoms with Gasteiger partial charge in [0.25, 0.3) is 11.2 Å². The van der Waals surface area contributed by atoms with Gasteiger partial charge in [-0.15, -0.1) is 0 Å². The highest BCUT2D eigenvalue weighted by atomic mass is 16.6. The number of aromatic nitrogens is 2. The van der Waals surface area contributed by atoms with E-state index in [0.717, 1.165) is 0 Å². The van der Waals surface area contributed by atoms with Crippen LogP contribution in [0.5, 0.6) is 0 Å². The standard InChI is InChI=1S/C12H11N3O4/c1-7-9(11(16)14-12(17)13-7)6-8-4-2-3-5-10(8)15(18)19/h2-5H,6H2,1H3,(H2,13,14,16,17). The average molecular weight is 261 g/mol. The van der Waals surface area contributed by atoms with Crippen molar-refractivity contribution in [3.05, 3.63) is 72.0 Å². The van der Waals surface area contributed by atoms with Gasteiger partial charge in [-0.05, 0) is 6.92 Å². The summed E-state index contributed by atoms with van der Waals surface area (Å²) >= 11 is 0. The summed E-state index contributed by atoms with van der Waals surface area (Å²) in [5.41, 5.74) is -0.0188. The first-order valence-corrected chi connectivity index (χ1v) is 5.53. The van der Waals surface area contributed by atoms with Crippen LogP contribution in [-0.4, -0.2) is 14.9 Å². The van der Waals surface area contributed by atoms with Crippen molar-refractivity contribution >= 4 is 5.69 Å². The summed E-state index contributed by atoms with van der Waals surface area (Å²) in [7, 11) is 0. The van der Waals surface area contributed by atoms with E-state index in [2.05, 4.69) is 9.97 Å². The number of aromatic amines is 2. The van der Waals surface area contributed by atoms with Crippen LogP contribution in [0.1, 0.15) is 16.8 Å². The lowest BCUT2D eigenvalue weighted by Crippen LogP contribution is -2.27. The van der Waals surface area contributed by atoms with E-state index in [1.165, 1.54) is 6.07 Å². The lowest BCUT2D eigenvalue weighted by atomic mass is 10.0. The van der Waals surface area contributed by atoms with E-state index in [4.69, 9.17) is 0 Å². The molecule has 0 aliphatic rings. The number of nitrogens with zero attached hydrogens (tertiary/aromatic N) is 1. The van der Waals surface area contributed by atoms with Gasteiger partial charge in [0.05, 0.1) is 4.92 Å². The van der Waals surface area contributed by atoms with Crippen LogP contribution in [0.3, 0.4) is 0 Å². The van der Waals surface area contributed by atoms with Crippen LogP contribution in [0.4, 0.5) is 5.69 Å². The molecular weight excluding hydrogens is 250 g/mol. The lowest BCUT2D eigenvalue weighted by Gasteiger charge is -2.04. The predicted molar refractivity (Wildman–Crippen MR) is 68.3 cm³/mol. The summed E-state index contributed by atoms with van der Waals surface area (Å²) < 4.78 is 0. The molecule has 0 amide bonds. The van der Waals surface area contributed by atoms with Crippen molar-refractivity contribution in [1.82, 2.24) is 9.97 Å². The van der Waals surface area contributed by atoms with Gasteiger partial charge in [-0.2, -0.15) is 0 Å². The molecule has 7 heteroatoms. The highest BCUT2D eigenvalue weighted by Crippen LogP contribution is 2.20. The fourth-order valence-corrected chi connectivity index (χ4v) is 1.87. The maximum Gasteiger partial charge on any atom is 0.325 e. The van der Waals surface area contributed by atoms with Gasteiger partial charge in [-0.1, -0.05) is 18.2 Å². The number of H-pyrrole nitrogens is 2. The van der Waals surface area contributed by atoms with Gasteiger partial charge in [0, 0.05) is 29.3 Å². The molecule has 2 N–H and O–H groups in total. The second kappa shape index (κ2) is 4.89. The zero-order chi connectivity index (χ0) is 14.0. The van der Waals surface area contributed by atoms with Gasteiger partial charge in [0.1, 0.15) is 0 Å². The molecule has 2 aromatic rings. The number of nitrogens with one attached hydrogen (secondary N) is 2. The van der Waals surface area contributed by atoms with E-state index in [-0.39, 0.29) is 12.1 Å². The van der Waals surface area contributed by atoms with Crippen LogP contribution >= 0.6 is 0 Å². The van der Waals surface area contributed by atoms with Gasteiger partial charge in [-0.25, -0.2) is 4.79 Å². The number of hydrogen-bond donors (Lipinski definition) is 2. The largest absolute Gasteiger partial charge is 0.325 e. The minimum atomic E-state index is -0.589. The van der Waals surface area contributed by atoms with Gasteiger partial charge >= 0.3 is 5.69 Å². The summed E-state index contributed by atoms with van der Waals surface area (Å²) in [5, 5.41) is 10.9. The minimum absolute atomic E-state index is 0.0486. The molecule has 0 unspecified atom stereocenters. The molecule has 0 fully saturated rings. The Labute approximate surface area is 107 Å². The summed E-state index contributed by atoms with van der Waals surface area (Å²) in [6, 6.07) is 6.19. The van der Waals surface area contributed by atoms with Crippen molar-refractivity contribution in [3.63, 3.8) is 0 Å². The molecule has 0 spiro atoms. The molecule has 0 bridgehead atoms. The molecule has 1 heterocycles. The minimum Gasteiger partial charge on any atom is -0.311 e. The van der Waals surface area contributed by atoms with E-state index in [1.54, 1.807) is 25.1 Å². The van der Waals surface area contributed by atoms with Gasteiger partial charge in [0.15, 0.2) is 0 Å². The quantitative estimate of drug-likeness (QED) is 0.631. The molecule has 1 aromatic heterocycles. The predicted octanol–water partition coefficient (Wildman–Crippen LogP) is 0.871. The Balaban J connectivity index is 2.51. The Morgan fingerprint density at radius 3 is 2.53 bits per heavy atom. The van der Waals surface area contributed by atoms with Crippen LogP contribution < -0.4 is 11.2 Å². The highest BCUT2D eigenvalue weighted by Gasteiger charge is 2.15. The Morgan fingerprint density at radius 1 is 1.21 bits per heavy atom. The van der Waals surface area contributed by atoms with Crippen molar-refractivity contribution < 1.29 is 4.92 Å². The summed E-state index contributed by atoms with van der Waals surface area (Å²) in [6.07, 6.45) is 0.0924. The van der Waals surface area contributed by atoms with Crippen LogP contribution in [0.2, 0.25) is 0 Å². The number of benzene rings is 1. The van der Waals surface area contributed by atoms with Crippen molar-refractivity contribution in [2.24, 2.45) is 0 Å². The first-order valence-electron chi connectivity index (χ1n) is 5.53. The van der Waals surface area contributed by atoms with Crippen molar-refractivity contribution in [2.45, 2.75) is 13.3 Å². The van der Waals surface area contributed by atoms with Gasteiger partial charge < -0.3 is 4.98 Å². The Hall–Kier alpha value is -2.70. The molecule has 0 radical (unpaired) electrons. The second-order valence-electron chi connectivity index (χ2n) is 4.07. The molecule has 19 heavy (non-hydrogen) atoms. The number of aryl methyl sites for hydroxylation is 1. The number of rotatable bonds is 3. The molecule has 7 nitrogen and oxygen atoms in total. The van der Waals surface area contributed by atoms with Crippen LogP contribution in [-0.2, 0) is 6.42 Å². The number of nitro groups is 1. The summed E-state index contributed by atoms with van der Waals surface area (Å²) in [6.45, 7) is 1.58. The molecule has 0 aliphatic heterocycles. The monoisotopic (exact) mass is 261 g/mol. The molecule has 0 saturated carbocycles. The third-order valence-electron chi connectivity index (χ3n) is 2.81. The average Bonchev–Trinajstić information content (AvgIpc) is 2.34. The van der Waals surface area contributed by atoms with Crippen LogP contribution in [0.25, 0.3) is 0 Å². The Bertz CT molecular complexity index is 745. The zero-order valence-electron chi connectivity index (χ0n) is 10.1. The van der Waals surface area contributed by atoms with E-state index in [1.807, 2.05) is 0 Å². The number of para-hydroxylation sites is 1. The normalized spacial score (nSPS) is 10.4. The highest BCUT2D eigenvalue weighted by molar-refractivity contribution is 5.43.